The van der Waals surface area contributed by atoms with Crippen molar-refractivity contribution in [3.63, 3.8) is 0 Å². The lowest BCUT2D eigenvalue weighted by molar-refractivity contribution is -0.442. The van der Waals surface area contributed by atoms with Gasteiger partial charge in [-0.3, -0.25) is 43.1 Å². The minimum Gasteiger partial charge on any atom is -0.508 e. The number of aliphatic hydroxyl groups is 6. The summed E-state index contributed by atoms with van der Waals surface area (Å²) in [5, 5.41) is 129. The highest BCUT2D eigenvalue weighted by Crippen LogP contribution is 2.51. The van der Waals surface area contributed by atoms with E-state index in [0.717, 1.165) is 36.4 Å². The summed E-state index contributed by atoms with van der Waals surface area (Å²) >= 11 is 7.26. The van der Waals surface area contributed by atoms with Crippen LogP contribution in [-0.4, -0.2) is 268 Å². The number of nitrogens with two attached hydrogens (primary N) is 2. The number of fused-ring (bicyclic) bond motifs is 15. The number of aliphatic hydroxyl groups excluding tert-OH is 6. The van der Waals surface area contributed by atoms with Gasteiger partial charge in [0.25, 0.3) is 0 Å². The minimum absolute atomic E-state index is 0.000855. The highest BCUT2D eigenvalue weighted by atomic mass is 35.5. The number of halogens is 1. The molecular formula is C83H112ClN13O25. The second kappa shape index (κ2) is 39.0. The number of carbonyl (C=O) groups is 8. The number of carbonyl (C=O) groups excluding carboxylic acids is 8. The zero-order chi connectivity index (χ0) is 88.9. The van der Waals surface area contributed by atoms with Crippen molar-refractivity contribution in [2.24, 2.45) is 17.4 Å². The second-order valence-electron chi connectivity index (χ2n) is 33.4. The van der Waals surface area contributed by atoms with E-state index in [1.165, 1.54) is 83.3 Å². The summed E-state index contributed by atoms with van der Waals surface area (Å²) < 4.78 is 53.2. The Kier molecular flexibility index (Phi) is 29.8. The first-order chi connectivity index (χ1) is 57.6. The van der Waals surface area contributed by atoms with Crippen LogP contribution in [0.4, 0.5) is 0 Å². The Hall–Kier alpha value is -9.69. The first-order valence-corrected chi connectivity index (χ1v) is 40.7. The smallest absolute Gasteiger partial charge is 0.332 e. The van der Waals surface area contributed by atoms with Crippen LogP contribution in [0.1, 0.15) is 145 Å². The molecule has 666 valence electrons. The van der Waals surface area contributed by atoms with Gasteiger partial charge in [0, 0.05) is 54.2 Å². The number of hydrogen-bond donors (Lipinski definition) is 20. The number of benzene rings is 5. The maximum absolute atomic E-state index is 16.8. The molecule has 38 nitrogen and oxygen atoms in total. The van der Waals surface area contributed by atoms with E-state index in [1.54, 1.807) is 14.1 Å². The summed E-state index contributed by atoms with van der Waals surface area (Å²) in [6.45, 7) is 9.73. The van der Waals surface area contributed by atoms with Crippen LogP contribution in [-0.2, 0) is 62.0 Å². The topological polar surface area (TPSA) is 559 Å². The third-order valence-corrected chi connectivity index (χ3v) is 22.5. The Bertz CT molecular complexity index is 4640. The number of amides is 8. The third kappa shape index (κ3) is 21.7. The summed E-state index contributed by atoms with van der Waals surface area (Å²) in [7, 11) is 8.73. The summed E-state index contributed by atoms with van der Waals surface area (Å²) in [5.74, 6) is -16.4. The van der Waals surface area contributed by atoms with Gasteiger partial charge in [-0.15, -0.1) is 0 Å². The summed E-state index contributed by atoms with van der Waals surface area (Å²) in [5.41, 5.74) is 8.62. The molecule has 0 aromatic heterocycles. The molecule has 21 atom stereocenters. The molecule has 0 radical (unpaired) electrons. The first kappa shape index (κ1) is 93.0. The highest BCUT2D eigenvalue weighted by Gasteiger charge is 2.55. The third-order valence-electron chi connectivity index (χ3n) is 22.2. The maximum atomic E-state index is 16.8. The molecule has 0 saturated carbocycles. The van der Waals surface area contributed by atoms with Crippen molar-refractivity contribution in [3.05, 3.63) is 118 Å². The number of rotatable bonds is 23. The number of nitrogens with one attached hydrogen (secondary N) is 9. The zero-order valence-corrected chi connectivity index (χ0v) is 70.3. The number of hydrogen-bond acceptors (Lipinski definition) is 30. The van der Waals surface area contributed by atoms with Crippen LogP contribution in [0.2, 0.25) is 5.02 Å². The van der Waals surface area contributed by atoms with Gasteiger partial charge in [-0.1, -0.05) is 49.7 Å². The highest BCUT2D eigenvalue weighted by molar-refractivity contribution is 6.32. The fourth-order valence-corrected chi connectivity index (χ4v) is 15.9. The lowest BCUT2D eigenvalue weighted by Gasteiger charge is -2.48. The average Bonchev–Trinajstić information content (AvgIpc) is 0.761. The van der Waals surface area contributed by atoms with E-state index in [9.17, 15) is 55.5 Å². The van der Waals surface area contributed by atoms with Crippen LogP contribution in [0.15, 0.2) is 84.9 Å². The Labute approximate surface area is 709 Å². The first-order valence-electron chi connectivity index (χ1n) is 40.3. The van der Waals surface area contributed by atoms with E-state index in [2.05, 4.69) is 47.9 Å². The lowest BCUT2D eigenvalue weighted by atomic mass is 9.86. The van der Waals surface area contributed by atoms with Crippen molar-refractivity contribution in [1.82, 2.24) is 57.7 Å². The van der Waals surface area contributed by atoms with Gasteiger partial charge in [0.15, 0.2) is 24.1 Å². The number of aromatic hydroxyl groups is 3. The van der Waals surface area contributed by atoms with E-state index >= 15 is 28.8 Å². The van der Waals surface area contributed by atoms with Crippen LogP contribution in [0.3, 0.4) is 0 Å². The Morgan fingerprint density at radius 3 is 1.89 bits per heavy atom. The Morgan fingerprint density at radius 2 is 1.26 bits per heavy atom. The molecule has 8 heterocycles. The quantitative estimate of drug-likeness (QED) is 0.0315. The van der Waals surface area contributed by atoms with Crippen LogP contribution in [0.5, 0.6) is 46.0 Å². The van der Waals surface area contributed by atoms with E-state index in [1.807, 2.05) is 37.7 Å². The SMILES string of the molecule is CN[C@H](CC(C)C)C(=O)N[C@H]1C(=O)N[C@@H](CC(=O)NCCCN(C)C)C(=O)N[C@H]2C(=O)N[C@H]3C(=O)N[C@H](C(=O)N[C@H](C(=O)NCCCN(C)C)c4cc(O)cc(O)c4-c4cc3ccc4O)[C@H](O[C@@H]3CC(C)(N)[C@H](O)[C@@H](C)O3)c3ccc(cc3)Oc3cc2cc(c3O[C@@]2(O[C@@H]3CC(C)(N)[C@H](O)[C@@H](C)O3)C[C@@H](O)[C@H](O)[C@@H](CO)O2)Oc2ccc(cc2Cl)[C@H]1O. The largest absolute Gasteiger partial charge is 0.508 e. The molecule has 8 aliphatic heterocycles. The molecule has 11 bridgehead atoms. The number of likely N-dealkylation sites (N-methyl/N-ethyl adjacent to an activating group) is 1. The molecular weight excluding hydrogens is 1610 g/mol. The summed E-state index contributed by atoms with van der Waals surface area (Å²) in [6.07, 6.45) is -18.5. The molecule has 39 heteroatoms. The maximum Gasteiger partial charge on any atom is 0.332 e. The van der Waals surface area contributed by atoms with Crippen molar-refractivity contribution in [2.75, 3.05) is 68.0 Å². The van der Waals surface area contributed by atoms with Crippen LogP contribution in [0, 0.1) is 5.92 Å². The average molecular weight is 1730 g/mol. The molecule has 2 unspecified atom stereocenters. The summed E-state index contributed by atoms with van der Waals surface area (Å²) in [4.78, 5) is 129. The van der Waals surface area contributed by atoms with Gasteiger partial charge in [-0.05, 0) is 184 Å². The number of phenols is 3. The molecule has 3 saturated heterocycles. The standard InChI is InChI=1S/C83H112ClN13O25/c1-38(2)26-50(87-7)74(108)94-66-68(104)43-17-21-55(49(84)28-43)118-57-30-44-29-56(71(57)122-83(34-54(102)69(105)58(37-98)120-83)121-61-36-82(6,86)73(107)40(4)116-61)117-46-18-14-41(15-19-46)70(119-60-35-81(5,85)72(106)39(3)115-60)67-80(114)93-65(76(110)89-23-13-25-97(10)11)48-31-45(99)32-53(101)62(48)47-27-42(16-20-52(47)100)63(77(111)95-67)92-78(112)64(44)91-75(109)51(90-79(66)113)33-59(103)88-22-12-24-96(8)9/h14-21,27-32,38-40,50-51,54,58,60-61,63-70,72-73,87,98-102,104-107H,12-13,22-26,33-37,85-86H2,1-11H3,(H,88,103)(H,89,110)(H,90,113)(H,91,109)(H,92,112)(H,93,114)(H,94,108)(H,95,111)/t39-,40-,50-,51+,54-,58-,60-,61-,63-,64-,65+,66-,67+,68-,69+,70-,72-,73-,81?,82?,83+/m1/s1. The fraction of sp³-hybridized carbons (Fsp3) is 0.542. The lowest BCUT2D eigenvalue weighted by Crippen LogP contribution is -2.64. The van der Waals surface area contributed by atoms with E-state index in [-0.39, 0.29) is 82.6 Å². The number of nitrogens with zero attached hydrogens (tertiary/aromatic N) is 2. The van der Waals surface area contributed by atoms with Crippen molar-refractivity contribution in [3.8, 4) is 57.1 Å². The summed E-state index contributed by atoms with van der Waals surface area (Å²) in [6, 6.07) is 2.93. The second-order valence-corrected chi connectivity index (χ2v) is 33.8. The predicted molar refractivity (Wildman–Crippen MR) is 436 cm³/mol. The molecule has 0 aliphatic carbocycles. The van der Waals surface area contributed by atoms with E-state index < -0.39 is 239 Å². The van der Waals surface area contributed by atoms with Crippen LogP contribution in [0.25, 0.3) is 11.1 Å². The van der Waals surface area contributed by atoms with Gasteiger partial charge in [-0.2, -0.15) is 0 Å². The van der Waals surface area contributed by atoms with Crippen molar-refractivity contribution >= 4 is 58.9 Å². The Balaban J connectivity index is 1.20. The predicted octanol–water partition coefficient (Wildman–Crippen LogP) is 0.605. The van der Waals surface area contributed by atoms with Gasteiger partial charge in [0.05, 0.1) is 61.0 Å². The Morgan fingerprint density at radius 1 is 0.664 bits per heavy atom. The van der Waals surface area contributed by atoms with Gasteiger partial charge in [0.2, 0.25) is 53.0 Å². The van der Waals surface area contributed by atoms with Gasteiger partial charge in [-0.25, -0.2) is 0 Å². The normalized spacial score (nSPS) is 30.3. The molecule has 0 spiro atoms. The zero-order valence-electron chi connectivity index (χ0n) is 69.5. The van der Waals surface area contributed by atoms with Gasteiger partial charge >= 0.3 is 5.97 Å². The molecule has 8 amide bonds. The van der Waals surface area contributed by atoms with E-state index in [4.69, 9.17) is 61.0 Å². The van der Waals surface area contributed by atoms with Gasteiger partial charge in [0.1, 0.15) is 89.4 Å². The molecule has 22 N–H and O–H groups in total. The van der Waals surface area contributed by atoms with Crippen LogP contribution >= 0.6 is 11.6 Å². The van der Waals surface area contributed by atoms with Crippen molar-refractivity contribution < 1.29 is 122 Å². The van der Waals surface area contributed by atoms with Gasteiger partial charge < -0.3 is 148 Å². The molecule has 8 aliphatic rings. The van der Waals surface area contributed by atoms with E-state index in [0.29, 0.717) is 25.9 Å². The fourth-order valence-electron chi connectivity index (χ4n) is 15.6. The number of ether oxygens (including phenoxy) is 8. The monoisotopic (exact) mass is 1730 g/mol. The molecule has 5 aromatic rings. The van der Waals surface area contributed by atoms with Crippen molar-refractivity contribution in [1.29, 1.82) is 0 Å². The molecule has 13 rings (SSSR count). The minimum atomic E-state index is -2.81. The van der Waals surface area contributed by atoms with Crippen molar-refractivity contribution in [2.45, 2.75) is 213 Å². The molecule has 122 heavy (non-hydrogen) atoms. The van der Waals surface area contributed by atoms with Crippen LogP contribution < -0.4 is 73.5 Å². The number of phenolic OH excluding ortho intramolecular Hbond substituents is 3. The molecule has 5 aromatic carbocycles. The molecule has 3 fully saturated rings.